The second-order valence-electron chi connectivity index (χ2n) is 8.53. The van der Waals surface area contributed by atoms with Gasteiger partial charge in [0.15, 0.2) is 0 Å². The number of nitrogens with zero attached hydrogens (tertiary/aromatic N) is 1. The lowest BCUT2D eigenvalue weighted by atomic mass is 9.85. The van der Waals surface area contributed by atoms with E-state index in [9.17, 15) is 0 Å². The average Bonchev–Trinajstić information content (AvgIpc) is 3.04. The number of aromatic amines is 1. The zero-order chi connectivity index (χ0) is 19.0. The van der Waals surface area contributed by atoms with E-state index in [0.29, 0.717) is 0 Å². The fourth-order valence-corrected chi connectivity index (χ4v) is 4.27. The number of H-pyrrole nitrogens is 1. The van der Waals surface area contributed by atoms with E-state index in [2.05, 4.69) is 101 Å². The maximum atomic E-state index is 3.71. The summed E-state index contributed by atoms with van der Waals surface area (Å²) < 4.78 is 1.14. The number of benzene rings is 2. The molecule has 3 aromatic rings. The zero-order valence-corrected chi connectivity index (χ0v) is 17.9. The first-order valence-corrected chi connectivity index (χ1v) is 10.5. The summed E-state index contributed by atoms with van der Waals surface area (Å²) in [5.41, 5.74) is 6.92. The highest BCUT2D eigenvalue weighted by molar-refractivity contribution is 9.10. The highest BCUT2D eigenvalue weighted by atomic mass is 79.9. The van der Waals surface area contributed by atoms with Crippen LogP contribution in [0.4, 0.5) is 0 Å². The summed E-state index contributed by atoms with van der Waals surface area (Å²) in [4.78, 5) is 6.27. The van der Waals surface area contributed by atoms with E-state index >= 15 is 0 Å². The van der Waals surface area contributed by atoms with Crippen molar-refractivity contribution in [3.8, 4) is 0 Å². The molecule has 0 spiro atoms. The van der Waals surface area contributed by atoms with Crippen molar-refractivity contribution in [3.63, 3.8) is 0 Å². The van der Waals surface area contributed by atoms with Crippen LogP contribution < -0.4 is 0 Å². The quantitative estimate of drug-likeness (QED) is 0.508. The van der Waals surface area contributed by atoms with Gasteiger partial charge in [0.1, 0.15) is 0 Å². The zero-order valence-electron chi connectivity index (χ0n) is 16.3. The molecule has 0 atom stereocenters. The van der Waals surface area contributed by atoms with Gasteiger partial charge in [0, 0.05) is 51.7 Å². The van der Waals surface area contributed by atoms with Crippen molar-refractivity contribution in [1.29, 1.82) is 0 Å². The van der Waals surface area contributed by atoms with Gasteiger partial charge in [-0.2, -0.15) is 0 Å². The van der Waals surface area contributed by atoms with E-state index in [1.165, 1.54) is 33.3 Å². The third-order valence-electron chi connectivity index (χ3n) is 5.33. The van der Waals surface area contributed by atoms with Crippen molar-refractivity contribution in [2.75, 3.05) is 13.1 Å². The summed E-state index contributed by atoms with van der Waals surface area (Å²) in [6.07, 6.45) is 3.55. The van der Waals surface area contributed by atoms with Gasteiger partial charge < -0.3 is 4.98 Å². The third kappa shape index (κ3) is 3.90. The Kier molecular flexibility index (Phi) is 5.00. The van der Waals surface area contributed by atoms with E-state index in [-0.39, 0.29) is 5.41 Å². The Hall–Kier alpha value is -1.84. The Balaban J connectivity index is 1.67. The molecule has 0 radical (unpaired) electrons. The molecule has 1 N–H and O–H groups in total. The number of para-hydroxylation sites is 1. The highest BCUT2D eigenvalue weighted by Gasteiger charge is 2.26. The van der Waals surface area contributed by atoms with Gasteiger partial charge in [-0.15, -0.1) is 0 Å². The van der Waals surface area contributed by atoms with Crippen LogP contribution in [0.2, 0.25) is 0 Å². The molecule has 0 saturated heterocycles. The summed E-state index contributed by atoms with van der Waals surface area (Å²) in [6, 6.07) is 17.4. The van der Waals surface area contributed by atoms with Crippen LogP contribution in [-0.2, 0) is 12.0 Å². The second kappa shape index (κ2) is 7.29. The maximum Gasteiger partial charge on any atom is 0.0462 e. The summed E-state index contributed by atoms with van der Waals surface area (Å²) >= 11 is 3.53. The van der Waals surface area contributed by atoms with Crippen LogP contribution in [0.1, 0.15) is 44.0 Å². The molecule has 0 aliphatic carbocycles. The molecule has 0 saturated carbocycles. The van der Waals surface area contributed by atoms with Gasteiger partial charge in [-0.25, -0.2) is 0 Å². The van der Waals surface area contributed by atoms with Crippen molar-refractivity contribution in [1.82, 2.24) is 9.88 Å². The van der Waals surface area contributed by atoms with Gasteiger partial charge >= 0.3 is 0 Å². The first-order valence-electron chi connectivity index (χ1n) is 9.69. The molecule has 1 aliphatic heterocycles. The smallest absolute Gasteiger partial charge is 0.0462 e. The first kappa shape index (κ1) is 18.5. The Morgan fingerprint density at radius 1 is 1.04 bits per heavy atom. The van der Waals surface area contributed by atoms with Gasteiger partial charge in [0.25, 0.3) is 0 Å². The van der Waals surface area contributed by atoms with E-state index < -0.39 is 0 Å². The molecule has 140 valence electrons. The number of rotatable bonds is 3. The summed E-state index contributed by atoms with van der Waals surface area (Å²) in [6.45, 7) is 10.0. The van der Waals surface area contributed by atoms with Gasteiger partial charge in [-0.1, -0.05) is 73.1 Å². The molecule has 2 heterocycles. The van der Waals surface area contributed by atoms with Crippen LogP contribution in [0.15, 0.2) is 59.1 Å². The number of aromatic nitrogens is 1. The fraction of sp³-hybridized carbons (Fsp3) is 0.333. The van der Waals surface area contributed by atoms with Crippen molar-refractivity contribution < 1.29 is 0 Å². The standard InChI is InChI=1S/C24H27BrN2/c1-24(2,3)23-22(20-8-4-5-9-21(20)26-23)18-7-6-14-27(16-18)15-17-10-12-19(25)13-11-17/h4-5,7-13,26H,6,14-16H2,1-3H3. The second-order valence-corrected chi connectivity index (χ2v) is 9.44. The predicted molar refractivity (Wildman–Crippen MR) is 119 cm³/mol. The van der Waals surface area contributed by atoms with Gasteiger partial charge in [0.05, 0.1) is 0 Å². The number of nitrogens with one attached hydrogen (secondary N) is 1. The Labute approximate surface area is 170 Å². The van der Waals surface area contributed by atoms with Crippen LogP contribution in [-0.4, -0.2) is 23.0 Å². The molecule has 1 aromatic heterocycles. The van der Waals surface area contributed by atoms with Crippen LogP contribution in [0, 0.1) is 0 Å². The minimum absolute atomic E-state index is 0.0865. The van der Waals surface area contributed by atoms with Crippen molar-refractivity contribution in [3.05, 3.63) is 75.9 Å². The van der Waals surface area contributed by atoms with E-state index in [1.807, 2.05) is 0 Å². The lowest BCUT2D eigenvalue weighted by Crippen LogP contribution is -2.29. The molecule has 0 unspecified atom stereocenters. The number of fused-ring (bicyclic) bond motifs is 1. The van der Waals surface area contributed by atoms with Crippen molar-refractivity contribution in [2.45, 2.75) is 39.2 Å². The van der Waals surface area contributed by atoms with Crippen molar-refractivity contribution >= 4 is 32.4 Å². The normalized spacial score (nSPS) is 15.9. The predicted octanol–water partition coefficient (Wildman–Crippen LogP) is 6.52. The average molecular weight is 423 g/mol. The monoisotopic (exact) mass is 422 g/mol. The molecular formula is C24H27BrN2. The molecule has 0 bridgehead atoms. The first-order chi connectivity index (χ1) is 12.9. The van der Waals surface area contributed by atoms with Gasteiger partial charge in [-0.05, 0) is 35.8 Å². The number of hydrogen-bond donors (Lipinski definition) is 1. The largest absolute Gasteiger partial charge is 0.357 e. The van der Waals surface area contributed by atoms with Crippen molar-refractivity contribution in [2.24, 2.45) is 0 Å². The molecule has 0 amide bonds. The lowest BCUT2D eigenvalue weighted by molar-refractivity contribution is 0.296. The topological polar surface area (TPSA) is 19.0 Å². The molecule has 0 fully saturated rings. The molecule has 2 aromatic carbocycles. The van der Waals surface area contributed by atoms with E-state index in [4.69, 9.17) is 0 Å². The molecule has 4 rings (SSSR count). The molecule has 3 heteroatoms. The molecule has 2 nitrogen and oxygen atoms in total. The number of halogens is 1. The summed E-state index contributed by atoms with van der Waals surface area (Å²) in [5, 5.41) is 1.35. The Morgan fingerprint density at radius 3 is 2.52 bits per heavy atom. The third-order valence-corrected chi connectivity index (χ3v) is 5.86. The minimum Gasteiger partial charge on any atom is -0.357 e. The lowest BCUT2D eigenvalue weighted by Gasteiger charge is -2.29. The maximum absolute atomic E-state index is 3.71. The minimum atomic E-state index is 0.0865. The highest BCUT2D eigenvalue weighted by Crippen LogP contribution is 2.37. The molecule has 27 heavy (non-hydrogen) atoms. The number of hydrogen-bond acceptors (Lipinski definition) is 1. The summed E-state index contributed by atoms with van der Waals surface area (Å²) in [5.74, 6) is 0. The Bertz CT molecular complexity index is 974. The SMILES string of the molecule is CC(C)(C)c1[nH]c2ccccc2c1C1=CCCN(Cc2ccc(Br)cc2)C1. The fourth-order valence-electron chi connectivity index (χ4n) is 4.01. The van der Waals surface area contributed by atoms with Gasteiger partial charge in [0.2, 0.25) is 0 Å². The Morgan fingerprint density at radius 2 is 1.78 bits per heavy atom. The van der Waals surface area contributed by atoms with E-state index in [1.54, 1.807) is 0 Å². The van der Waals surface area contributed by atoms with Crippen LogP contribution in [0.5, 0.6) is 0 Å². The van der Waals surface area contributed by atoms with Crippen LogP contribution in [0.3, 0.4) is 0 Å². The van der Waals surface area contributed by atoms with E-state index in [0.717, 1.165) is 30.5 Å². The molecular weight excluding hydrogens is 396 g/mol. The van der Waals surface area contributed by atoms with Gasteiger partial charge in [-0.3, -0.25) is 4.90 Å². The van der Waals surface area contributed by atoms with Crippen LogP contribution >= 0.6 is 15.9 Å². The summed E-state index contributed by atoms with van der Waals surface area (Å²) in [7, 11) is 0. The molecule has 1 aliphatic rings. The van der Waals surface area contributed by atoms with Crippen LogP contribution in [0.25, 0.3) is 16.5 Å².